The van der Waals surface area contributed by atoms with Crippen molar-refractivity contribution in [1.82, 2.24) is 14.7 Å². The molecule has 2 bridgehead atoms. The van der Waals surface area contributed by atoms with Crippen LogP contribution in [0.4, 0.5) is 0 Å². The number of esters is 1. The fourth-order valence-electron chi connectivity index (χ4n) is 9.09. The number of carbonyl (C=O) groups is 3. The highest BCUT2D eigenvalue weighted by atomic mass is 16.7. The lowest BCUT2D eigenvalue weighted by molar-refractivity contribution is -0.134. The van der Waals surface area contributed by atoms with Crippen molar-refractivity contribution in [3.05, 3.63) is 74.8 Å². The zero-order chi connectivity index (χ0) is 35.2. The van der Waals surface area contributed by atoms with E-state index in [1.807, 2.05) is 33.9 Å². The molecule has 5 aliphatic heterocycles. The summed E-state index contributed by atoms with van der Waals surface area (Å²) < 4.78 is 23.9. The van der Waals surface area contributed by atoms with Crippen LogP contribution < -0.4 is 18.9 Å². The molecular weight excluding hydrogens is 640 g/mol. The van der Waals surface area contributed by atoms with E-state index < -0.39 is 42.0 Å². The smallest absolute Gasteiger partial charge is 0.311 e. The maximum absolute atomic E-state index is 13.9. The molecule has 0 aliphatic carbocycles. The summed E-state index contributed by atoms with van der Waals surface area (Å²) in [5.74, 6) is 0.437. The maximum atomic E-state index is 13.9. The quantitative estimate of drug-likeness (QED) is 0.224. The lowest BCUT2D eigenvalue weighted by atomic mass is 9.71. The van der Waals surface area contributed by atoms with Crippen molar-refractivity contribution < 1.29 is 38.4 Å². The molecule has 3 aromatic rings. The predicted octanol–water partition coefficient (Wildman–Crippen LogP) is 4.52. The summed E-state index contributed by atoms with van der Waals surface area (Å²) in [5.41, 5.74) is 5.01. The van der Waals surface area contributed by atoms with Gasteiger partial charge in [-0.15, -0.1) is 0 Å². The number of likely N-dealkylation sites (N-methyl/N-ethyl adjacent to an activating group) is 1. The third kappa shape index (κ3) is 4.39. The van der Waals surface area contributed by atoms with Crippen LogP contribution in [-0.4, -0.2) is 83.2 Å². The molecule has 5 heterocycles. The number of nitrogens with zero attached hydrogens (tertiary/aromatic N) is 4. The Labute approximate surface area is 289 Å². The number of rotatable bonds is 6. The number of hydrogen-bond donors (Lipinski definition) is 1. The highest BCUT2D eigenvalue weighted by molar-refractivity contribution is 6.21. The number of fused-ring (bicyclic) bond motifs is 10. The Morgan fingerprint density at radius 1 is 1.04 bits per heavy atom. The summed E-state index contributed by atoms with van der Waals surface area (Å²) in [6, 6.07) is 8.75. The number of benzene rings is 3. The summed E-state index contributed by atoms with van der Waals surface area (Å²) in [6.07, 6.45) is 1.61. The first-order valence-corrected chi connectivity index (χ1v) is 17.0. The molecule has 1 N–H and O–H groups in total. The van der Waals surface area contributed by atoms with Crippen LogP contribution in [0, 0.1) is 25.2 Å². The zero-order valence-corrected chi connectivity index (χ0v) is 28.6. The van der Waals surface area contributed by atoms with Crippen LogP contribution in [-0.2, 0) is 17.6 Å². The second kappa shape index (κ2) is 11.7. The molecule has 0 saturated carbocycles. The van der Waals surface area contributed by atoms with Gasteiger partial charge in [0.25, 0.3) is 11.8 Å². The number of phenolic OH excluding ortho intramolecular Hbond substituents is 1. The van der Waals surface area contributed by atoms with Gasteiger partial charge in [0.2, 0.25) is 6.79 Å². The van der Waals surface area contributed by atoms with E-state index in [9.17, 15) is 24.8 Å². The van der Waals surface area contributed by atoms with E-state index in [4.69, 9.17) is 18.9 Å². The van der Waals surface area contributed by atoms with Crippen LogP contribution in [0.2, 0.25) is 0 Å². The number of aryl methyl sites for hydroxylation is 1. The Morgan fingerprint density at radius 3 is 2.40 bits per heavy atom. The zero-order valence-electron chi connectivity index (χ0n) is 28.6. The summed E-state index contributed by atoms with van der Waals surface area (Å²) in [6.45, 7) is 5.46. The number of nitriles is 1. The Balaban J connectivity index is 1.37. The molecule has 8 rings (SSSR count). The third-order valence-electron chi connectivity index (χ3n) is 11.2. The van der Waals surface area contributed by atoms with Crippen LogP contribution >= 0.6 is 0 Å². The lowest BCUT2D eigenvalue weighted by Gasteiger charge is -2.60. The van der Waals surface area contributed by atoms with Gasteiger partial charge in [0, 0.05) is 47.3 Å². The van der Waals surface area contributed by atoms with Gasteiger partial charge in [0.05, 0.1) is 36.4 Å². The molecule has 0 spiro atoms. The van der Waals surface area contributed by atoms with E-state index in [0.717, 1.165) is 11.1 Å². The van der Waals surface area contributed by atoms with Crippen LogP contribution in [0.1, 0.15) is 85.9 Å². The van der Waals surface area contributed by atoms with Crippen molar-refractivity contribution in [3.63, 3.8) is 0 Å². The number of amides is 2. The van der Waals surface area contributed by atoms with Gasteiger partial charge < -0.3 is 24.1 Å². The molecule has 1 fully saturated rings. The van der Waals surface area contributed by atoms with Gasteiger partial charge >= 0.3 is 5.97 Å². The Hall–Kier alpha value is -5.12. The molecule has 1 saturated heterocycles. The molecular formula is C38H38N4O8. The summed E-state index contributed by atoms with van der Waals surface area (Å²) in [4.78, 5) is 46.4. The number of carbonyl (C=O) groups excluding carboxylic acids is 3. The van der Waals surface area contributed by atoms with E-state index in [1.165, 1.54) is 12.0 Å². The minimum Gasteiger partial charge on any atom is -0.504 e. The van der Waals surface area contributed by atoms with E-state index in [2.05, 4.69) is 15.9 Å². The number of aromatic hydroxyl groups is 1. The van der Waals surface area contributed by atoms with Gasteiger partial charge in [-0.1, -0.05) is 25.1 Å². The molecule has 0 radical (unpaired) electrons. The van der Waals surface area contributed by atoms with Gasteiger partial charge in [-0.3, -0.25) is 29.1 Å². The summed E-state index contributed by atoms with van der Waals surface area (Å²) >= 11 is 0. The monoisotopic (exact) mass is 678 g/mol. The first-order valence-electron chi connectivity index (χ1n) is 17.0. The number of imide groups is 1. The average molecular weight is 679 g/mol. The molecule has 5 atom stereocenters. The van der Waals surface area contributed by atoms with Crippen molar-refractivity contribution in [3.8, 4) is 34.8 Å². The van der Waals surface area contributed by atoms with Crippen molar-refractivity contribution in [2.24, 2.45) is 0 Å². The van der Waals surface area contributed by atoms with Crippen molar-refractivity contribution >= 4 is 17.8 Å². The topological polar surface area (TPSA) is 142 Å². The fourth-order valence-corrected chi connectivity index (χ4v) is 9.09. The molecule has 12 nitrogen and oxygen atoms in total. The molecule has 0 unspecified atom stereocenters. The van der Waals surface area contributed by atoms with Gasteiger partial charge in [-0.25, -0.2) is 0 Å². The summed E-state index contributed by atoms with van der Waals surface area (Å²) in [5, 5.41) is 22.8. The number of phenols is 1. The van der Waals surface area contributed by atoms with Crippen molar-refractivity contribution in [2.45, 2.75) is 76.7 Å². The summed E-state index contributed by atoms with van der Waals surface area (Å²) in [7, 11) is 3.49. The number of piperazine rings is 1. The van der Waals surface area contributed by atoms with E-state index in [1.54, 1.807) is 24.3 Å². The number of methoxy groups -OCH3 is 1. The van der Waals surface area contributed by atoms with Crippen LogP contribution in [0.25, 0.3) is 0 Å². The normalized spacial score (nSPS) is 24.6. The fraction of sp³-hybridized carbons (Fsp3) is 0.421. The van der Waals surface area contributed by atoms with Gasteiger partial charge in [0.15, 0.2) is 23.0 Å². The van der Waals surface area contributed by atoms with E-state index in [0.29, 0.717) is 75.6 Å². The molecule has 3 aromatic carbocycles. The second-order valence-corrected chi connectivity index (χ2v) is 13.7. The number of hydrogen-bond acceptors (Lipinski definition) is 11. The average Bonchev–Trinajstić information content (AvgIpc) is 3.67. The molecule has 5 aliphatic rings. The SMILES string of the molecule is CCCC(=O)Oc1c(C)c2c(c3c1C[C@H]1[C@@H]4c5c(cc(C)c(OC)c5O)C[C@H]([C@H](C#N)N1[C@H]3CN1C(=O)c3ccccc3C1=O)N4C)OCO2. The first-order chi connectivity index (χ1) is 24.1. The van der Waals surface area contributed by atoms with Gasteiger partial charge in [-0.05, 0) is 63.4 Å². The third-order valence-corrected chi connectivity index (χ3v) is 11.2. The molecule has 0 aromatic heterocycles. The minimum atomic E-state index is -0.745. The Bertz CT molecular complexity index is 2000. The van der Waals surface area contributed by atoms with Crippen LogP contribution in [0.5, 0.6) is 28.7 Å². The van der Waals surface area contributed by atoms with Crippen LogP contribution in [0.3, 0.4) is 0 Å². The minimum absolute atomic E-state index is 0.0484. The largest absolute Gasteiger partial charge is 0.504 e. The van der Waals surface area contributed by atoms with E-state index in [-0.39, 0.29) is 31.5 Å². The number of ether oxygens (including phenoxy) is 4. The predicted molar refractivity (Wildman–Crippen MR) is 179 cm³/mol. The lowest BCUT2D eigenvalue weighted by Crippen LogP contribution is -2.68. The van der Waals surface area contributed by atoms with Crippen molar-refractivity contribution in [1.29, 1.82) is 5.26 Å². The molecule has 50 heavy (non-hydrogen) atoms. The van der Waals surface area contributed by atoms with Crippen LogP contribution in [0.15, 0.2) is 30.3 Å². The highest BCUT2D eigenvalue weighted by Crippen LogP contribution is 2.58. The molecule has 2 amide bonds. The van der Waals surface area contributed by atoms with Crippen molar-refractivity contribution in [2.75, 3.05) is 27.5 Å². The highest BCUT2D eigenvalue weighted by Gasteiger charge is 2.57. The molecule has 258 valence electrons. The molecule has 12 heteroatoms. The van der Waals surface area contributed by atoms with Gasteiger partial charge in [0.1, 0.15) is 11.8 Å². The maximum Gasteiger partial charge on any atom is 0.311 e. The standard InChI is InChI=1S/C38H38N4O8/c1-6-9-28(43)50-34-19(3)35-36(49-17-48-35)30-23(34)14-25-31-29-20(12-18(2)33(47-5)32(29)44)13-24(40(31)4)26(15-39)42(25)27(30)16-41-37(45)21-10-7-8-11-22(21)38(41)46/h7-8,10-12,24-27,31,44H,6,9,13-14,16-17H2,1-5H3/t24-,25+,26+,27+,31-/m1/s1. The Kier molecular flexibility index (Phi) is 7.54. The van der Waals surface area contributed by atoms with E-state index >= 15 is 0 Å². The second-order valence-electron chi connectivity index (χ2n) is 13.7. The Morgan fingerprint density at radius 2 is 1.74 bits per heavy atom. The first kappa shape index (κ1) is 32.1. The van der Waals surface area contributed by atoms with Gasteiger partial charge in [-0.2, -0.15) is 5.26 Å².